The van der Waals surface area contributed by atoms with Crippen LogP contribution in [0.15, 0.2) is 6.20 Å². The summed E-state index contributed by atoms with van der Waals surface area (Å²) in [7, 11) is 0. The van der Waals surface area contributed by atoms with E-state index in [1.165, 1.54) is 0 Å². The maximum atomic E-state index is 12.6. The molecular formula is C18H27N5O2. The Kier molecular flexibility index (Phi) is 5.22. The second-order valence-electron chi connectivity index (χ2n) is 6.80. The van der Waals surface area contributed by atoms with E-state index in [0.717, 1.165) is 41.9 Å². The molecule has 1 amide bonds. The van der Waals surface area contributed by atoms with Gasteiger partial charge in [-0.3, -0.25) is 14.6 Å². The van der Waals surface area contributed by atoms with Gasteiger partial charge in [-0.1, -0.05) is 13.3 Å². The van der Waals surface area contributed by atoms with Crippen LogP contribution in [-0.2, 0) is 24.2 Å². The number of nitrogens with zero attached hydrogens (tertiary/aromatic N) is 3. The molecule has 0 unspecified atom stereocenters. The molecule has 0 bridgehead atoms. The summed E-state index contributed by atoms with van der Waals surface area (Å²) < 4.78 is 7.73. The molecule has 2 N–H and O–H groups in total. The monoisotopic (exact) mass is 345 g/mol. The molecule has 7 heteroatoms. The minimum Gasteiger partial charge on any atom is -0.369 e. The summed E-state index contributed by atoms with van der Waals surface area (Å²) >= 11 is 0. The van der Waals surface area contributed by atoms with Crippen molar-refractivity contribution in [2.24, 2.45) is 0 Å². The summed E-state index contributed by atoms with van der Waals surface area (Å²) in [5, 5.41) is 14.7. The highest BCUT2D eigenvalue weighted by molar-refractivity contribution is 5.94. The van der Waals surface area contributed by atoms with Crippen molar-refractivity contribution in [2.75, 3.05) is 0 Å². The fraction of sp³-hybridized carbons (Fsp3) is 0.611. The van der Waals surface area contributed by atoms with Crippen LogP contribution in [0.1, 0.15) is 72.7 Å². The second kappa shape index (κ2) is 7.39. The predicted molar refractivity (Wildman–Crippen MR) is 94.3 cm³/mol. The first-order valence-corrected chi connectivity index (χ1v) is 9.03. The van der Waals surface area contributed by atoms with Gasteiger partial charge in [0.05, 0.1) is 23.6 Å². The average molecular weight is 345 g/mol. The predicted octanol–water partition coefficient (Wildman–Crippen LogP) is 2.67. The quantitative estimate of drug-likeness (QED) is 0.843. The number of H-pyrrole nitrogens is 1. The molecule has 0 fully saturated rings. The van der Waals surface area contributed by atoms with Crippen molar-refractivity contribution < 1.29 is 9.53 Å². The average Bonchev–Trinajstić information content (AvgIpc) is 3.14. The Balaban J connectivity index is 1.67. The zero-order valence-electron chi connectivity index (χ0n) is 15.4. The zero-order valence-corrected chi connectivity index (χ0v) is 15.4. The third-order valence-corrected chi connectivity index (χ3v) is 4.68. The smallest absolute Gasteiger partial charge is 0.272 e. The molecule has 1 aliphatic rings. The van der Waals surface area contributed by atoms with Gasteiger partial charge in [-0.05, 0) is 27.2 Å². The molecule has 0 saturated carbocycles. The number of unbranched alkanes of at least 4 members (excludes halogenated alkanes) is 1. The molecule has 0 aromatic carbocycles. The van der Waals surface area contributed by atoms with Crippen molar-refractivity contribution in [3.63, 3.8) is 0 Å². The largest absolute Gasteiger partial charge is 0.369 e. The number of fused-ring (bicyclic) bond motifs is 1. The molecule has 2 atom stereocenters. The van der Waals surface area contributed by atoms with Crippen molar-refractivity contribution in [1.29, 1.82) is 0 Å². The van der Waals surface area contributed by atoms with Gasteiger partial charge in [0.15, 0.2) is 5.69 Å². The molecule has 2 aromatic rings. The van der Waals surface area contributed by atoms with Crippen LogP contribution in [0.25, 0.3) is 0 Å². The summed E-state index contributed by atoms with van der Waals surface area (Å²) in [4.78, 5) is 12.6. The first-order chi connectivity index (χ1) is 12.0. The van der Waals surface area contributed by atoms with Crippen LogP contribution >= 0.6 is 0 Å². The molecule has 0 radical (unpaired) electrons. The molecule has 25 heavy (non-hydrogen) atoms. The number of aryl methyl sites for hydroxylation is 2. The van der Waals surface area contributed by atoms with Crippen LogP contribution in [0.3, 0.4) is 0 Å². The Morgan fingerprint density at radius 3 is 3.04 bits per heavy atom. The third kappa shape index (κ3) is 3.76. The molecule has 7 nitrogen and oxygen atoms in total. The number of amides is 1. The molecule has 1 aliphatic heterocycles. The van der Waals surface area contributed by atoms with E-state index >= 15 is 0 Å². The first-order valence-electron chi connectivity index (χ1n) is 9.03. The highest BCUT2D eigenvalue weighted by atomic mass is 16.5. The van der Waals surface area contributed by atoms with Crippen molar-refractivity contribution >= 4 is 5.91 Å². The lowest BCUT2D eigenvalue weighted by Crippen LogP contribution is -2.27. The van der Waals surface area contributed by atoms with Crippen molar-refractivity contribution in [3.05, 3.63) is 34.4 Å². The lowest BCUT2D eigenvalue weighted by Gasteiger charge is -2.25. The van der Waals surface area contributed by atoms with Gasteiger partial charge in [0.1, 0.15) is 0 Å². The van der Waals surface area contributed by atoms with Gasteiger partial charge in [-0.2, -0.15) is 10.2 Å². The number of hydrogen-bond acceptors (Lipinski definition) is 4. The summed E-state index contributed by atoms with van der Waals surface area (Å²) in [5.41, 5.74) is 4.36. The Labute approximate surface area is 148 Å². The van der Waals surface area contributed by atoms with Crippen LogP contribution < -0.4 is 5.32 Å². The van der Waals surface area contributed by atoms with Gasteiger partial charge in [-0.15, -0.1) is 0 Å². The molecule has 2 aromatic heterocycles. The fourth-order valence-electron chi connectivity index (χ4n) is 3.29. The van der Waals surface area contributed by atoms with E-state index in [0.29, 0.717) is 18.7 Å². The lowest BCUT2D eigenvalue weighted by molar-refractivity contribution is -0.00697. The van der Waals surface area contributed by atoms with Crippen molar-refractivity contribution in [3.8, 4) is 0 Å². The van der Waals surface area contributed by atoms with E-state index in [2.05, 4.69) is 27.5 Å². The van der Waals surface area contributed by atoms with E-state index in [1.807, 2.05) is 31.6 Å². The first kappa shape index (κ1) is 17.7. The molecule has 0 saturated heterocycles. The number of carbonyl (C=O) groups is 1. The minimum absolute atomic E-state index is 0.0631. The maximum absolute atomic E-state index is 12.6. The summed E-state index contributed by atoms with van der Waals surface area (Å²) in [6.45, 7) is 9.49. The molecule has 136 valence electrons. The normalized spacial score (nSPS) is 19.7. The van der Waals surface area contributed by atoms with Crippen LogP contribution in [0, 0.1) is 6.92 Å². The Morgan fingerprint density at radius 2 is 2.28 bits per heavy atom. The van der Waals surface area contributed by atoms with Crippen LogP contribution in [0.2, 0.25) is 0 Å². The number of nitrogens with one attached hydrogen (secondary N) is 2. The van der Waals surface area contributed by atoms with Crippen LogP contribution in [-0.4, -0.2) is 32.0 Å². The summed E-state index contributed by atoms with van der Waals surface area (Å²) in [6, 6.07) is 0. The lowest BCUT2D eigenvalue weighted by atomic mass is 9.99. The number of aromatic nitrogens is 4. The Morgan fingerprint density at radius 1 is 1.48 bits per heavy atom. The van der Waals surface area contributed by atoms with Crippen LogP contribution in [0.4, 0.5) is 0 Å². The maximum Gasteiger partial charge on any atom is 0.272 e. The second-order valence-corrected chi connectivity index (χ2v) is 6.80. The van der Waals surface area contributed by atoms with E-state index in [9.17, 15) is 4.79 Å². The third-order valence-electron chi connectivity index (χ3n) is 4.68. The number of ether oxygens (including phenoxy) is 1. The highest BCUT2D eigenvalue weighted by Gasteiger charge is 2.29. The molecule has 0 spiro atoms. The van der Waals surface area contributed by atoms with Gasteiger partial charge in [0.2, 0.25) is 0 Å². The summed E-state index contributed by atoms with van der Waals surface area (Å²) in [5.74, 6) is -0.153. The molecule has 3 heterocycles. The van der Waals surface area contributed by atoms with Gasteiger partial charge in [0.25, 0.3) is 5.91 Å². The number of rotatable bonds is 6. The van der Waals surface area contributed by atoms with Crippen molar-refractivity contribution in [2.45, 2.75) is 72.3 Å². The van der Waals surface area contributed by atoms with Crippen molar-refractivity contribution in [1.82, 2.24) is 25.3 Å². The number of hydrogen-bond donors (Lipinski definition) is 2. The summed E-state index contributed by atoms with van der Waals surface area (Å²) in [6.07, 6.45) is 4.98. The highest BCUT2D eigenvalue weighted by Crippen LogP contribution is 2.30. The fourth-order valence-corrected chi connectivity index (χ4v) is 3.29. The van der Waals surface area contributed by atoms with Gasteiger partial charge >= 0.3 is 0 Å². The van der Waals surface area contributed by atoms with Gasteiger partial charge in [-0.25, -0.2) is 0 Å². The van der Waals surface area contributed by atoms with Gasteiger partial charge < -0.3 is 10.1 Å². The standard InChI is InChI=1S/C18H27N5O2/c1-5-6-7-23-10-14(12(3)22-23)9-19-18(24)17-15-8-11(2)25-13(4)16(15)20-21-17/h10-11,13H,5-9H2,1-4H3,(H,19,24)(H,20,21)/t11-,13+/m0/s1. The Hall–Kier alpha value is -2.15. The molecular weight excluding hydrogens is 318 g/mol. The Bertz CT molecular complexity index is 749. The minimum atomic E-state index is -0.153. The molecule has 0 aliphatic carbocycles. The zero-order chi connectivity index (χ0) is 18.0. The number of aromatic amines is 1. The molecule has 3 rings (SSSR count). The van der Waals surface area contributed by atoms with Crippen LogP contribution in [0.5, 0.6) is 0 Å². The topological polar surface area (TPSA) is 84.8 Å². The number of carbonyl (C=O) groups excluding carboxylic acids is 1. The SMILES string of the molecule is CCCCn1cc(CNC(=O)c2n[nH]c3c2C[C@H](C)O[C@@H]3C)c(C)n1. The van der Waals surface area contributed by atoms with E-state index in [-0.39, 0.29) is 18.1 Å². The van der Waals surface area contributed by atoms with E-state index < -0.39 is 0 Å². The van der Waals surface area contributed by atoms with E-state index in [4.69, 9.17) is 4.74 Å². The van der Waals surface area contributed by atoms with E-state index in [1.54, 1.807) is 0 Å². The van der Waals surface area contributed by atoms with Gasteiger partial charge in [0, 0.05) is 36.8 Å².